The quantitative estimate of drug-likeness (QED) is 0.793. The van der Waals surface area contributed by atoms with E-state index in [4.69, 9.17) is 15.4 Å². The highest BCUT2D eigenvalue weighted by atomic mass is 16.5. The first-order valence-corrected chi connectivity index (χ1v) is 4.72. The number of rotatable bonds is 3. The number of hydrogen-bond donors (Lipinski definition) is 2. The topological polar surface area (TPSA) is 72.3 Å². The number of anilines is 1. The molecule has 4 nitrogen and oxygen atoms in total. The maximum Gasteiger partial charge on any atom is 0.169 e. The van der Waals surface area contributed by atoms with Gasteiger partial charge in [0.15, 0.2) is 11.6 Å². The average Bonchev–Trinajstić information content (AvgIpc) is 2.66. The standard InChI is InChI=1S/C11H12N2O2/c12-11-7-10(15-13-11)9-3-1-2-8(6-9)4-5-14/h1-3,6-7,14H,4-5H2,(H2,12,13). The molecule has 0 unspecified atom stereocenters. The molecule has 0 amide bonds. The molecule has 1 aromatic carbocycles. The third kappa shape index (κ3) is 2.16. The zero-order chi connectivity index (χ0) is 10.7. The van der Waals surface area contributed by atoms with Crippen molar-refractivity contribution in [1.82, 2.24) is 5.16 Å². The van der Waals surface area contributed by atoms with Crippen molar-refractivity contribution in [3.63, 3.8) is 0 Å². The molecule has 78 valence electrons. The molecule has 0 fully saturated rings. The molecule has 0 saturated carbocycles. The van der Waals surface area contributed by atoms with Gasteiger partial charge in [0.1, 0.15) is 0 Å². The van der Waals surface area contributed by atoms with Gasteiger partial charge in [0.05, 0.1) is 0 Å². The number of aliphatic hydroxyl groups excluding tert-OH is 1. The summed E-state index contributed by atoms with van der Waals surface area (Å²) >= 11 is 0. The van der Waals surface area contributed by atoms with E-state index in [1.807, 2.05) is 24.3 Å². The van der Waals surface area contributed by atoms with Crippen molar-refractivity contribution in [3.05, 3.63) is 35.9 Å². The van der Waals surface area contributed by atoms with Crippen LogP contribution < -0.4 is 5.73 Å². The highest BCUT2D eigenvalue weighted by molar-refractivity contribution is 5.60. The third-order valence-corrected chi connectivity index (χ3v) is 2.14. The van der Waals surface area contributed by atoms with Crippen molar-refractivity contribution < 1.29 is 9.63 Å². The van der Waals surface area contributed by atoms with Crippen molar-refractivity contribution in [2.75, 3.05) is 12.3 Å². The molecule has 0 bridgehead atoms. The van der Waals surface area contributed by atoms with Crippen LogP contribution in [0.25, 0.3) is 11.3 Å². The summed E-state index contributed by atoms with van der Waals surface area (Å²) in [5, 5.41) is 12.5. The molecule has 0 aliphatic heterocycles. The number of nitrogens with zero attached hydrogens (tertiary/aromatic N) is 1. The second-order valence-electron chi connectivity index (χ2n) is 3.29. The van der Waals surface area contributed by atoms with E-state index < -0.39 is 0 Å². The summed E-state index contributed by atoms with van der Waals surface area (Å²) in [6.45, 7) is 0.141. The van der Waals surface area contributed by atoms with Gasteiger partial charge in [-0.15, -0.1) is 0 Å². The fourth-order valence-corrected chi connectivity index (χ4v) is 1.43. The Morgan fingerprint density at radius 1 is 1.33 bits per heavy atom. The molecule has 2 aromatic rings. The normalized spacial score (nSPS) is 10.5. The van der Waals surface area contributed by atoms with E-state index in [2.05, 4.69) is 5.16 Å². The minimum Gasteiger partial charge on any atom is -0.396 e. The van der Waals surface area contributed by atoms with Gasteiger partial charge in [0.2, 0.25) is 0 Å². The molecule has 0 atom stereocenters. The Balaban J connectivity index is 2.32. The fourth-order valence-electron chi connectivity index (χ4n) is 1.43. The largest absolute Gasteiger partial charge is 0.396 e. The molecular weight excluding hydrogens is 192 g/mol. The molecule has 1 heterocycles. The molecular formula is C11H12N2O2. The van der Waals surface area contributed by atoms with E-state index in [-0.39, 0.29) is 6.61 Å². The highest BCUT2D eigenvalue weighted by Gasteiger charge is 2.04. The zero-order valence-electron chi connectivity index (χ0n) is 8.18. The lowest BCUT2D eigenvalue weighted by Crippen LogP contribution is -1.90. The second-order valence-corrected chi connectivity index (χ2v) is 3.29. The van der Waals surface area contributed by atoms with Gasteiger partial charge in [0, 0.05) is 18.2 Å². The Morgan fingerprint density at radius 3 is 2.87 bits per heavy atom. The van der Waals surface area contributed by atoms with Gasteiger partial charge in [-0.3, -0.25) is 0 Å². The molecule has 0 saturated heterocycles. The first-order chi connectivity index (χ1) is 7.29. The predicted molar refractivity (Wildman–Crippen MR) is 57.1 cm³/mol. The molecule has 4 heteroatoms. The molecule has 0 radical (unpaired) electrons. The van der Waals surface area contributed by atoms with Gasteiger partial charge in [-0.2, -0.15) is 0 Å². The summed E-state index contributed by atoms with van der Waals surface area (Å²) in [6, 6.07) is 9.42. The van der Waals surface area contributed by atoms with Crippen LogP contribution in [0.2, 0.25) is 0 Å². The minimum atomic E-state index is 0.141. The SMILES string of the molecule is Nc1cc(-c2cccc(CCO)c2)on1. The summed E-state index contributed by atoms with van der Waals surface area (Å²) in [6.07, 6.45) is 0.636. The molecule has 1 aromatic heterocycles. The van der Waals surface area contributed by atoms with E-state index >= 15 is 0 Å². The van der Waals surface area contributed by atoms with Gasteiger partial charge in [-0.1, -0.05) is 23.4 Å². The molecule has 0 aliphatic rings. The first-order valence-electron chi connectivity index (χ1n) is 4.72. The third-order valence-electron chi connectivity index (χ3n) is 2.14. The number of aromatic nitrogens is 1. The maximum atomic E-state index is 8.83. The summed E-state index contributed by atoms with van der Waals surface area (Å²) in [7, 11) is 0. The van der Waals surface area contributed by atoms with Crippen LogP contribution in [-0.2, 0) is 6.42 Å². The van der Waals surface area contributed by atoms with E-state index in [9.17, 15) is 0 Å². The van der Waals surface area contributed by atoms with Crippen molar-refractivity contribution in [1.29, 1.82) is 0 Å². The van der Waals surface area contributed by atoms with Gasteiger partial charge in [-0.05, 0) is 18.1 Å². The number of benzene rings is 1. The highest BCUT2D eigenvalue weighted by Crippen LogP contribution is 2.22. The molecule has 3 N–H and O–H groups in total. The smallest absolute Gasteiger partial charge is 0.169 e. The molecule has 0 aliphatic carbocycles. The molecule has 15 heavy (non-hydrogen) atoms. The van der Waals surface area contributed by atoms with Crippen molar-refractivity contribution in [2.45, 2.75) is 6.42 Å². The summed E-state index contributed by atoms with van der Waals surface area (Å²) in [5.74, 6) is 1.02. The lowest BCUT2D eigenvalue weighted by molar-refractivity contribution is 0.299. The van der Waals surface area contributed by atoms with Gasteiger partial charge in [0.25, 0.3) is 0 Å². The van der Waals surface area contributed by atoms with Crippen LogP contribution in [0.15, 0.2) is 34.9 Å². The number of hydrogen-bond acceptors (Lipinski definition) is 4. The average molecular weight is 204 g/mol. The monoisotopic (exact) mass is 204 g/mol. The van der Waals surface area contributed by atoms with Crippen LogP contribution in [0, 0.1) is 0 Å². The number of aliphatic hydroxyl groups is 1. The van der Waals surface area contributed by atoms with Crippen LogP contribution in [0.3, 0.4) is 0 Å². The zero-order valence-corrected chi connectivity index (χ0v) is 8.18. The van der Waals surface area contributed by atoms with E-state index in [0.717, 1.165) is 11.1 Å². The van der Waals surface area contributed by atoms with Crippen LogP contribution >= 0.6 is 0 Å². The Morgan fingerprint density at radius 2 is 2.20 bits per heavy atom. The van der Waals surface area contributed by atoms with E-state index in [0.29, 0.717) is 18.0 Å². The Kier molecular flexibility index (Phi) is 2.69. The predicted octanol–water partition coefficient (Wildman–Crippen LogP) is 1.46. The number of nitrogen functional groups attached to an aromatic ring is 1. The van der Waals surface area contributed by atoms with Crippen LogP contribution in [0.4, 0.5) is 5.82 Å². The molecule has 2 rings (SSSR count). The molecule has 0 spiro atoms. The number of nitrogens with two attached hydrogens (primary N) is 1. The van der Waals surface area contributed by atoms with E-state index in [1.54, 1.807) is 6.07 Å². The maximum absolute atomic E-state index is 8.83. The van der Waals surface area contributed by atoms with Crippen molar-refractivity contribution in [3.8, 4) is 11.3 Å². The Hall–Kier alpha value is -1.81. The van der Waals surface area contributed by atoms with Crippen LogP contribution in [0.5, 0.6) is 0 Å². The summed E-state index contributed by atoms with van der Waals surface area (Å²) in [5.41, 5.74) is 7.45. The summed E-state index contributed by atoms with van der Waals surface area (Å²) < 4.78 is 5.05. The van der Waals surface area contributed by atoms with Gasteiger partial charge in [-0.25, -0.2) is 0 Å². The van der Waals surface area contributed by atoms with Gasteiger partial charge < -0.3 is 15.4 Å². The summed E-state index contributed by atoms with van der Waals surface area (Å²) in [4.78, 5) is 0. The van der Waals surface area contributed by atoms with Crippen molar-refractivity contribution >= 4 is 5.82 Å². The van der Waals surface area contributed by atoms with E-state index in [1.165, 1.54) is 0 Å². The van der Waals surface area contributed by atoms with Gasteiger partial charge >= 0.3 is 0 Å². The Bertz CT molecular complexity index is 451. The first kappa shape index (κ1) is 9.73. The Labute approximate surface area is 87.3 Å². The minimum absolute atomic E-state index is 0.141. The fraction of sp³-hybridized carbons (Fsp3) is 0.182. The van der Waals surface area contributed by atoms with Crippen LogP contribution in [-0.4, -0.2) is 16.9 Å². The lowest BCUT2D eigenvalue weighted by Gasteiger charge is -2.00. The van der Waals surface area contributed by atoms with Crippen molar-refractivity contribution in [2.24, 2.45) is 0 Å². The second kappa shape index (κ2) is 4.14. The lowest BCUT2D eigenvalue weighted by atomic mass is 10.1. The van der Waals surface area contributed by atoms with Crippen LogP contribution in [0.1, 0.15) is 5.56 Å².